The van der Waals surface area contributed by atoms with Crippen molar-refractivity contribution in [3.63, 3.8) is 0 Å². The molecule has 0 aliphatic carbocycles. The lowest BCUT2D eigenvalue weighted by molar-refractivity contribution is -0.152. The maximum absolute atomic E-state index is 13.8. The zero-order valence-corrected chi connectivity index (χ0v) is 24.7. The molecule has 1 atom stereocenters. The van der Waals surface area contributed by atoms with Crippen molar-refractivity contribution in [2.24, 2.45) is 0 Å². The summed E-state index contributed by atoms with van der Waals surface area (Å²) in [7, 11) is -1.80. The molecule has 2 aromatic heterocycles. The smallest absolute Gasteiger partial charge is 0.327 e. The predicted molar refractivity (Wildman–Crippen MR) is 158 cm³/mol. The Kier molecular flexibility index (Phi) is 8.32. The van der Waals surface area contributed by atoms with Crippen molar-refractivity contribution < 1.29 is 18.5 Å². The number of aromatic nitrogens is 3. The number of benzene rings is 2. The van der Waals surface area contributed by atoms with Gasteiger partial charge in [-0.2, -0.15) is 0 Å². The normalized spacial score (nSPS) is 14.8. The van der Waals surface area contributed by atoms with Crippen LogP contribution in [0.25, 0.3) is 16.7 Å². The van der Waals surface area contributed by atoms with Crippen LogP contribution >= 0.6 is 23.2 Å². The molecule has 5 rings (SSSR count). The van der Waals surface area contributed by atoms with E-state index < -0.39 is 22.6 Å². The minimum atomic E-state index is -1.80. The summed E-state index contributed by atoms with van der Waals surface area (Å²) in [6.07, 6.45) is 5.41. The van der Waals surface area contributed by atoms with Crippen molar-refractivity contribution in [1.82, 2.24) is 14.5 Å². The Morgan fingerprint density at radius 1 is 1.02 bits per heavy atom. The molecule has 12 heteroatoms. The van der Waals surface area contributed by atoms with Crippen LogP contribution in [0.15, 0.2) is 66.0 Å². The lowest BCUT2D eigenvalue weighted by Crippen LogP contribution is -2.36. The molecule has 40 heavy (non-hydrogen) atoms. The number of carbonyl (C=O) groups excluding carboxylic acids is 1. The summed E-state index contributed by atoms with van der Waals surface area (Å²) < 4.78 is 28.1. The lowest BCUT2D eigenvalue weighted by atomic mass is 10.2. The predicted octanol–water partition coefficient (Wildman–Crippen LogP) is 5.43. The minimum Gasteiger partial charge on any atom is -0.459 e. The molecule has 0 radical (unpaired) electrons. The molecule has 2 aromatic carbocycles. The maximum Gasteiger partial charge on any atom is 0.327 e. The Hall–Kier alpha value is -3.18. The van der Waals surface area contributed by atoms with Crippen LogP contribution in [0.4, 0.5) is 11.5 Å². The zero-order chi connectivity index (χ0) is 28.4. The number of hydrogen-bond acceptors (Lipinski definition) is 7. The highest BCUT2D eigenvalue weighted by Gasteiger charge is 2.25. The summed E-state index contributed by atoms with van der Waals surface area (Å²) in [4.78, 5) is 24.6. The molecule has 1 unspecified atom stereocenters. The standard InChI is InChI=1S/C28H29Cl2N5O4S/c1-28(2,3)39-27(36)18-35(40(37)23-14-20(29)13-21(30)15-23)22-4-5-24-19(12-22)6-7-34(24)26-17-31-25(16-32-26)33-8-10-38-11-9-33/h4-7,12-17H,8-11,18H2,1-3H3. The van der Waals surface area contributed by atoms with Gasteiger partial charge in [-0.25, -0.2) is 14.2 Å². The van der Waals surface area contributed by atoms with Crippen LogP contribution in [0.1, 0.15) is 20.8 Å². The highest BCUT2D eigenvalue weighted by Crippen LogP contribution is 2.30. The molecule has 9 nitrogen and oxygen atoms in total. The Morgan fingerprint density at radius 2 is 1.70 bits per heavy atom. The van der Waals surface area contributed by atoms with E-state index in [-0.39, 0.29) is 6.54 Å². The van der Waals surface area contributed by atoms with Gasteiger partial charge in [0.05, 0.1) is 41.7 Å². The average Bonchev–Trinajstić information content (AvgIpc) is 3.34. The number of ether oxygens (including phenoxy) is 2. The number of rotatable bonds is 7. The second-order valence-corrected chi connectivity index (χ2v) is 12.5. The first-order chi connectivity index (χ1) is 19.1. The Balaban J connectivity index is 1.46. The van der Waals surface area contributed by atoms with Crippen molar-refractivity contribution in [2.45, 2.75) is 31.3 Å². The van der Waals surface area contributed by atoms with Gasteiger partial charge in [0.1, 0.15) is 18.0 Å². The highest BCUT2D eigenvalue weighted by atomic mass is 35.5. The number of carbonyl (C=O) groups is 1. The largest absolute Gasteiger partial charge is 0.459 e. The van der Waals surface area contributed by atoms with Gasteiger partial charge >= 0.3 is 5.97 Å². The number of halogens is 2. The highest BCUT2D eigenvalue weighted by molar-refractivity contribution is 7.86. The molecule has 0 N–H and O–H groups in total. The molecule has 0 spiro atoms. The maximum atomic E-state index is 13.8. The molecule has 0 bridgehead atoms. The molecule has 1 aliphatic heterocycles. The fourth-order valence-corrected chi connectivity index (χ4v) is 6.27. The second kappa shape index (κ2) is 11.7. The average molecular weight is 603 g/mol. The van der Waals surface area contributed by atoms with Gasteiger partial charge < -0.3 is 14.4 Å². The summed E-state index contributed by atoms with van der Waals surface area (Å²) in [5, 5.41) is 1.56. The summed E-state index contributed by atoms with van der Waals surface area (Å²) in [5.74, 6) is 0.969. The first-order valence-electron chi connectivity index (χ1n) is 12.7. The number of nitrogens with zero attached hydrogens (tertiary/aromatic N) is 5. The molecule has 1 saturated heterocycles. The van der Waals surface area contributed by atoms with E-state index in [4.69, 9.17) is 32.7 Å². The van der Waals surface area contributed by atoms with E-state index in [1.54, 1.807) is 51.4 Å². The van der Waals surface area contributed by atoms with Gasteiger partial charge in [-0.05, 0) is 63.2 Å². The quantitative estimate of drug-likeness (QED) is 0.261. The van der Waals surface area contributed by atoms with E-state index in [0.717, 1.165) is 29.8 Å². The van der Waals surface area contributed by atoms with E-state index in [9.17, 15) is 9.00 Å². The zero-order valence-electron chi connectivity index (χ0n) is 22.3. The number of hydrogen-bond donors (Lipinski definition) is 0. The molecule has 210 valence electrons. The number of esters is 1. The van der Waals surface area contributed by atoms with Gasteiger partial charge in [-0.15, -0.1) is 0 Å². The second-order valence-electron chi connectivity index (χ2n) is 10.2. The van der Waals surface area contributed by atoms with Crippen LogP contribution in [0.2, 0.25) is 10.0 Å². The lowest BCUT2D eigenvalue weighted by Gasteiger charge is -2.27. The summed E-state index contributed by atoms with van der Waals surface area (Å²) >= 11 is 12.4. The van der Waals surface area contributed by atoms with Crippen molar-refractivity contribution in [2.75, 3.05) is 42.1 Å². The van der Waals surface area contributed by atoms with Crippen LogP contribution in [0, 0.1) is 0 Å². The molecular formula is C28H29Cl2N5O4S. The van der Waals surface area contributed by atoms with E-state index in [1.807, 2.05) is 35.0 Å². The van der Waals surface area contributed by atoms with Crippen LogP contribution in [0.3, 0.4) is 0 Å². The van der Waals surface area contributed by atoms with Gasteiger partial charge in [-0.3, -0.25) is 13.7 Å². The molecule has 0 saturated carbocycles. The fraction of sp³-hybridized carbons (Fsp3) is 0.321. The van der Waals surface area contributed by atoms with Crippen molar-refractivity contribution in [1.29, 1.82) is 0 Å². The number of morpholine rings is 1. The third-order valence-electron chi connectivity index (χ3n) is 6.10. The van der Waals surface area contributed by atoms with Gasteiger partial charge in [0.2, 0.25) is 0 Å². The van der Waals surface area contributed by atoms with Crippen molar-refractivity contribution >= 4 is 62.6 Å². The Bertz CT molecular complexity index is 1530. The SMILES string of the molecule is CC(C)(C)OC(=O)CN(c1ccc2c(ccn2-c2cnc(N3CCOCC3)cn2)c1)S(=O)c1cc(Cl)cc(Cl)c1. The first-order valence-corrected chi connectivity index (χ1v) is 14.6. The van der Waals surface area contributed by atoms with Gasteiger partial charge in [0.15, 0.2) is 16.8 Å². The number of fused-ring (bicyclic) bond motifs is 1. The van der Waals surface area contributed by atoms with Gasteiger partial charge in [-0.1, -0.05) is 23.2 Å². The molecule has 0 amide bonds. The molecule has 4 aromatic rings. The van der Waals surface area contributed by atoms with Gasteiger partial charge in [0, 0.05) is 34.7 Å². The fourth-order valence-electron chi connectivity index (χ4n) is 4.37. The van der Waals surface area contributed by atoms with Crippen LogP contribution in [0.5, 0.6) is 0 Å². The van der Waals surface area contributed by atoms with E-state index in [2.05, 4.69) is 14.9 Å². The monoisotopic (exact) mass is 601 g/mol. The number of anilines is 2. The summed E-state index contributed by atoms with van der Waals surface area (Å²) in [6, 6.07) is 12.2. The first kappa shape index (κ1) is 28.4. The summed E-state index contributed by atoms with van der Waals surface area (Å²) in [6.45, 7) is 8.03. The van der Waals surface area contributed by atoms with Crippen molar-refractivity contribution in [3.8, 4) is 5.82 Å². The Morgan fingerprint density at radius 3 is 2.35 bits per heavy atom. The van der Waals surface area contributed by atoms with Crippen LogP contribution in [-0.2, 0) is 25.3 Å². The van der Waals surface area contributed by atoms with E-state index in [0.29, 0.717) is 39.7 Å². The molecule has 3 heterocycles. The van der Waals surface area contributed by atoms with E-state index in [1.165, 1.54) is 4.31 Å². The molecule has 1 aliphatic rings. The van der Waals surface area contributed by atoms with Crippen molar-refractivity contribution in [3.05, 3.63) is 71.1 Å². The third-order valence-corrected chi connectivity index (χ3v) is 7.91. The Labute approximate surface area is 245 Å². The minimum absolute atomic E-state index is 0.241. The molecular weight excluding hydrogens is 573 g/mol. The van der Waals surface area contributed by atoms with Crippen LogP contribution in [-0.4, -0.2) is 63.2 Å². The van der Waals surface area contributed by atoms with E-state index >= 15 is 0 Å². The third kappa shape index (κ3) is 6.58. The molecule has 1 fully saturated rings. The topological polar surface area (TPSA) is 89.8 Å². The van der Waals surface area contributed by atoms with Gasteiger partial charge in [0.25, 0.3) is 0 Å². The van der Waals surface area contributed by atoms with Crippen LogP contribution < -0.4 is 9.21 Å². The summed E-state index contributed by atoms with van der Waals surface area (Å²) in [5.41, 5.74) is 0.758.